The third kappa shape index (κ3) is 6.27. The van der Waals surface area contributed by atoms with Crippen LogP contribution in [-0.4, -0.2) is 17.2 Å². The summed E-state index contributed by atoms with van der Waals surface area (Å²) < 4.78 is 5.09. The number of fused-ring (bicyclic) bond motifs is 9. The van der Waals surface area contributed by atoms with Gasteiger partial charge >= 0.3 is 0 Å². The molecule has 2 aromatic heterocycles. The number of hydrogen-bond acceptors (Lipinski definition) is 0. The lowest BCUT2D eigenvalue weighted by molar-refractivity contribution is 0.768. The Morgan fingerprint density at radius 2 is 0.737 bits per heavy atom. The molecule has 0 fully saturated rings. The van der Waals surface area contributed by atoms with Crippen LogP contribution in [0.2, 0.25) is 0 Å². The largest absolute Gasteiger partial charge is 0.309 e. The predicted molar refractivity (Wildman–Crippen MR) is 321 cm³/mol. The Balaban J connectivity index is 1.00. The van der Waals surface area contributed by atoms with E-state index in [1.165, 1.54) is 103 Å². The van der Waals surface area contributed by atoms with Gasteiger partial charge in [-0.3, -0.25) is 0 Å². The molecule has 0 N–H and O–H groups in total. The van der Waals surface area contributed by atoms with Crippen LogP contribution >= 0.6 is 0 Å². The van der Waals surface area contributed by atoms with Crippen molar-refractivity contribution in [3.8, 4) is 33.6 Å². The summed E-state index contributed by atoms with van der Waals surface area (Å²) in [5, 5.41) is 10.3. The highest BCUT2D eigenvalue weighted by Gasteiger charge is 2.47. The molecule has 1 aliphatic carbocycles. The van der Waals surface area contributed by atoms with E-state index in [1.807, 2.05) is 0 Å². The molecule has 0 saturated carbocycles. The predicted octanol–water partition coefficient (Wildman–Crippen LogP) is 15.3. The molecule has 356 valence electrons. The van der Waals surface area contributed by atoms with Crippen molar-refractivity contribution in [2.24, 2.45) is 0 Å². The van der Waals surface area contributed by atoms with Gasteiger partial charge in [0.1, 0.15) is 0 Å². The molecule has 0 amide bonds. The minimum Gasteiger partial charge on any atom is -0.309 e. The number of hydrogen-bond donors (Lipinski definition) is 0. The van der Waals surface area contributed by atoms with Gasteiger partial charge in [-0.15, -0.1) is 0 Å². The summed E-state index contributed by atoms with van der Waals surface area (Å²) in [7, 11) is -2.83. The number of benzene rings is 12. The molecule has 2 heterocycles. The summed E-state index contributed by atoms with van der Waals surface area (Å²) >= 11 is 0. The second-order valence-electron chi connectivity index (χ2n) is 20.2. The maximum atomic E-state index is 2.58. The van der Waals surface area contributed by atoms with Gasteiger partial charge in [-0.05, 0) is 96.1 Å². The zero-order valence-electron chi connectivity index (χ0n) is 41.8. The molecule has 0 unspecified atom stereocenters. The molecular formula is C73H50N2Si. The standard InChI is InChI=1S/C73H50N2Si/c1-6-26-51(27-7-1)73(52-28-8-2-9-29-52)64-44-19-16-39-62(64)70-59(41-24-45-65(70)73)61-43-23-42-60-58-38-17-20-46-66(58)75(72(60)61)69-49-25-48-68-71(69)63-40-18-21-47-67(63)74(68)53-30-22-37-57(50-53)76(54-31-10-3-11-32-54,55-33-12-4-13-34-55)56-35-14-5-15-36-56/h1-50H. The van der Waals surface area contributed by atoms with Crippen molar-refractivity contribution in [1.82, 2.24) is 9.13 Å². The van der Waals surface area contributed by atoms with E-state index in [9.17, 15) is 0 Å². The SMILES string of the molecule is c1ccc(C2(c3ccccc3)c3ccccc3-c3c(-c4cccc5c6ccccc6n(-c6cccc7c6c6ccccc6n7-c6cccc([Si](c7ccccc7)(c7ccccc7)c7ccccc7)c6)c45)cccc32)cc1. The Labute approximate surface area is 443 Å². The fourth-order valence-corrected chi connectivity index (χ4v) is 18.4. The first-order valence-electron chi connectivity index (χ1n) is 26.4. The molecule has 76 heavy (non-hydrogen) atoms. The molecule has 0 saturated heterocycles. The van der Waals surface area contributed by atoms with Crippen LogP contribution in [0.4, 0.5) is 0 Å². The molecular weight excluding hydrogens is 933 g/mol. The van der Waals surface area contributed by atoms with Crippen LogP contribution in [0.5, 0.6) is 0 Å². The fourth-order valence-electron chi connectivity index (χ4n) is 13.6. The lowest BCUT2D eigenvalue weighted by Gasteiger charge is -2.34. The van der Waals surface area contributed by atoms with Gasteiger partial charge in [-0.1, -0.05) is 267 Å². The normalized spacial score (nSPS) is 12.8. The molecule has 12 aromatic carbocycles. The molecule has 1 aliphatic rings. The Hall–Kier alpha value is -9.54. The average molecular weight is 983 g/mol. The van der Waals surface area contributed by atoms with Gasteiger partial charge in [-0.25, -0.2) is 0 Å². The highest BCUT2D eigenvalue weighted by atomic mass is 28.3. The van der Waals surface area contributed by atoms with E-state index in [4.69, 9.17) is 0 Å². The summed E-state index contributed by atoms with van der Waals surface area (Å²) in [5.41, 5.74) is 16.6. The van der Waals surface area contributed by atoms with E-state index in [0.29, 0.717) is 0 Å². The number of rotatable bonds is 9. The van der Waals surface area contributed by atoms with Crippen molar-refractivity contribution in [3.63, 3.8) is 0 Å². The Morgan fingerprint density at radius 1 is 0.289 bits per heavy atom. The van der Waals surface area contributed by atoms with Crippen molar-refractivity contribution in [2.75, 3.05) is 0 Å². The quantitative estimate of drug-likeness (QED) is 0.101. The van der Waals surface area contributed by atoms with Gasteiger partial charge in [0, 0.05) is 32.8 Å². The lowest BCUT2D eigenvalue weighted by Crippen LogP contribution is -2.74. The smallest absolute Gasteiger partial charge is 0.179 e. The van der Waals surface area contributed by atoms with Crippen molar-refractivity contribution in [3.05, 3.63) is 326 Å². The molecule has 14 aromatic rings. The van der Waals surface area contributed by atoms with Gasteiger partial charge in [-0.2, -0.15) is 0 Å². The third-order valence-corrected chi connectivity index (χ3v) is 21.3. The monoisotopic (exact) mass is 982 g/mol. The maximum absolute atomic E-state index is 2.83. The van der Waals surface area contributed by atoms with Gasteiger partial charge in [0.15, 0.2) is 8.07 Å². The zero-order chi connectivity index (χ0) is 50.2. The molecule has 3 heteroatoms. The van der Waals surface area contributed by atoms with Gasteiger partial charge < -0.3 is 9.13 Å². The van der Waals surface area contributed by atoms with E-state index in [2.05, 4.69) is 312 Å². The zero-order valence-corrected chi connectivity index (χ0v) is 42.8. The highest BCUT2D eigenvalue weighted by molar-refractivity contribution is 7.19. The van der Waals surface area contributed by atoms with Gasteiger partial charge in [0.05, 0.1) is 33.2 Å². The average Bonchev–Trinajstić information content (AvgIpc) is 4.30. The van der Waals surface area contributed by atoms with Crippen molar-refractivity contribution in [2.45, 2.75) is 5.41 Å². The molecule has 0 bridgehead atoms. The summed E-state index contributed by atoms with van der Waals surface area (Å²) in [6, 6.07) is 113. The maximum Gasteiger partial charge on any atom is 0.179 e. The molecule has 15 rings (SSSR count). The van der Waals surface area contributed by atoms with Crippen LogP contribution < -0.4 is 20.7 Å². The van der Waals surface area contributed by atoms with E-state index < -0.39 is 13.5 Å². The molecule has 0 radical (unpaired) electrons. The highest BCUT2D eigenvalue weighted by Crippen LogP contribution is 2.59. The number of aromatic nitrogens is 2. The van der Waals surface area contributed by atoms with Gasteiger partial charge in [0.25, 0.3) is 0 Å². The van der Waals surface area contributed by atoms with Crippen molar-refractivity contribution in [1.29, 1.82) is 0 Å². The number of nitrogens with zero attached hydrogens (tertiary/aromatic N) is 2. The van der Waals surface area contributed by atoms with E-state index in [1.54, 1.807) is 0 Å². The lowest BCUT2D eigenvalue weighted by atomic mass is 9.67. The summed E-state index contributed by atoms with van der Waals surface area (Å²) in [5.74, 6) is 0. The summed E-state index contributed by atoms with van der Waals surface area (Å²) in [6.45, 7) is 0. The third-order valence-electron chi connectivity index (χ3n) is 16.5. The number of para-hydroxylation sites is 3. The first-order chi connectivity index (χ1) is 37.8. The van der Waals surface area contributed by atoms with Crippen molar-refractivity contribution >= 4 is 72.4 Å². The van der Waals surface area contributed by atoms with Crippen LogP contribution in [0.15, 0.2) is 303 Å². The summed E-state index contributed by atoms with van der Waals surface area (Å²) in [4.78, 5) is 0. The molecule has 0 spiro atoms. The van der Waals surface area contributed by atoms with Crippen LogP contribution in [0.3, 0.4) is 0 Å². The second-order valence-corrected chi connectivity index (χ2v) is 24.0. The first-order valence-corrected chi connectivity index (χ1v) is 28.4. The topological polar surface area (TPSA) is 9.86 Å². The van der Waals surface area contributed by atoms with Crippen LogP contribution in [-0.2, 0) is 5.41 Å². The van der Waals surface area contributed by atoms with Crippen LogP contribution in [0.1, 0.15) is 22.3 Å². The second kappa shape index (κ2) is 17.6. The van der Waals surface area contributed by atoms with Crippen LogP contribution in [0.25, 0.3) is 77.2 Å². The van der Waals surface area contributed by atoms with Crippen molar-refractivity contribution < 1.29 is 0 Å². The fraction of sp³-hybridized carbons (Fsp3) is 0.0137. The molecule has 0 atom stereocenters. The minimum atomic E-state index is -2.83. The van der Waals surface area contributed by atoms with E-state index in [-0.39, 0.29) is 0 Å². The first kappa shape index (κ1) is 44.0. The molecule has 0 aliphatic heterocycles. The van der Waals surface area contributed by atoms with Crippen LogP contribution in [0, 0.1) is 0 Å². The summed E-state index contributed by atoms with van der Waals surface area (Å²) in [6.07, 6.45) is 0. The Kier molecular flexibility index (Phi) is 10.2. The molecule has 2 nitrogen and oxygen atoms in total. The Bertz CT molecular complexity index is 4360. The van der Waals surface area contributed by atoms with Gasteiger partial charge in [0.2, 0.25) is 0 Å². The van der Waals surface area contributed by atoms with E-state index >= 15 is 0 Å². The van der Waals surface area contributed by atoms with E-state index in [0.717, 1.165) is 16.9 Å². The Morgan fingerprint density at radius 3 is 1.39 bits per heavy atom. The minimum absolute atomic E-state index is 0.513.